The summed E-state index contributed by atoms with van der Waals surface area (Å²) in [5, 5.41) is 0. The molecule has 0 aromatic heterocycles. The standard InChI is InChI=1S/C11H16N2/c1-10(12)13-9-5-8-11-6-3-2-4-7-11/h2-4,6-7H,5,8-9H2,1H3,(H2,12,13). The molecule has 70 valence electrons. The Morgan fingerprint density at radius 2 is 2.00 bits per heavy atom. The number of rotatable bonds is 4. The van der Waals surface area contributed by atoms with E-state index in [-0.39, 0.29) is 0 Å². The van der Waals surface area contributed by atoms with Gasteiger partial charge in [-0.2, -0.15) is 0 Å². The monoisotopic (exact) mass is 176 g/mol. The quantitative estimate of drug-likeness (QED) is 0.425. The highest BCUT2D eigenvalue weighted by atomic mass is 14.8. The number of aliphatic imine (C=N–C) groups is 1. The van der Waals surface area contributed by atoms with Gasteiger partial charge in [0.25, 0.3) is 0 Å². The summed E-state index contributed by atoms with van der Waals surface area (Å²) >= 11 is 0. The van der Waals surface area contributed by atoms with Crippen LogP contribution in [0.15, 0.2) is 35.3 Å². The van der Waals surface area contributed by atoms with Crippen LogP contribution < -0.4 is 5.73 Å². The molecule has 1 aromatic rings. The summed E-state index contributed by atoms with van der Waals surface area (Å²) in [7, 11) is 0. The minimum atomic E-state index is 0.674. The third-order valence-electron chi connectivity index (χ3n) is 1.83. The van der Waals surface area contributed by atoms with Gasteiger partial charge in [-0.05, 0) is 25.3 Å². The number of aryl methyl sites for hydroxylation is 1. The normalized spacial score (nSPS) is 11.6. The highest BCUT2D eigenvalue weighted by molar-refractivity contribution is 5.77. The van der Waals surface area contributed by atoms with Crippen LogP contribution in [0.2, 0.25) is 0 Å². The first kappa shape index (κ1) is 9.78. The molecule has 0 amide bonds. The van der Waals surface area contributed by atoms with Gasteiger partial charge in [-0.3, -0.25) is 4.99 Å². The molecule has 1 aromatic carbocycles. The second-order valence-corrected chi connectivity index (χ2v) is 3.11. The zero-order valence-electron chi connectivity index (χ0n) is 8.03. The summed E-state index contributed by atoms with van der Waals surface area (Å²) in [4.78, 5) is 4.13. The fraction of sp³-hybridized carbons (Fsp3) is 0.364. The number of nitrogens with zero attached hydrogens (tertiary/aromatic N) is 1. The van der Waals surface area contributed by atoms with E-state index >= 15 is 0 Å². The number of hydrogen-bond acceptors (Lipinski definition) is 1. The largest absolute Gasteiger partial charge is 0.388 e. The molecule has 0 saturated carbocycles. The Kier molecular flexibility index (Phi) is 4.03. The van der Waals surface area contributed by atoms with Crippen LogP contribution in [0.5, 0.6) is 0 Å². The highest BCUT2D eigenvalue weighted by Gasteiger charge is 1.90. The van der Waals surface area contributed by atoms with Gasteiger partial charge in [0.05, 0.1) is 5.84 Å². The molecule has 0 unspecified atom stereocenters. The van der Waals surface area contributed by atoms with Crippen LogP contribution in [0.4, 0.5) is 0 Å². The van der Waals surface area contributed by atoms with Crippen LogP contribution >= 0.6 is 0 Å². The lowest BCUT2D eigenvalue weighted by Gasteiger charge is -1.98. The van der Waals surface area contributed by atoms with E-state index in [0.29, 0.717) is 5.84 Å². The molecule has 2 heteroatoms. The predicted molar refractivity (Wildman–Crippen MR) is 56.9 cm³/mol. The van der Waals surface area contributed by atoms with E-state index < -0.39 is 0 Å². The van der Waals surface area contributed by atoms with E-state index in [4.69, 9.17) is 5.73 Å². The smallest absolute Gasteiger partial charge is 0.0905 e. The summed E-state index contributed by atoms with van der Waals surface area (Å²) in [6.07, 6.45) is 2.15. The van der Waals surface area contributed by atoms with E-state index in [0.717, 1.165) is 19.4 Å². The van der Waals surface area contributed by atoms with E-state index in [2.05, 4.69) is 29.3 Å². The number of hydrogen-bond donors (Lipinski definition) is 1. The molecule has 0 aliphatic heterocycles. The average Bonchev–Trinajstić information content (AvgIpc) is 2.14. The molecule has 0 atom stereocenters. The fourth-order valence-corrected chi connectivity index (χ4v) is 1.18. The zero-order chi connectivity index (χ0) is 9.52. The van der Waals surface area contributed by atoms with Gasteiger partial charge in [0, 0.05) is 6.54 Å². The molecule has 0 aliphatic carbocycles. The van der Waals surface area contributed by atoms with Gasteiger partial charge in [-0.25, -0.2) is 0 Å². The van der Waals surface area contributed by atoms with Crippen molar-refractivity contribution >= 4 is 5.84 Å². The van der Waals surface area contributed by atoms with Crippen molar-refractivity contribution in [3.05, 3.63) is 35.9 Å². The van der Waals surface area contributed by atoms with Crippen molar-refractivity contribution in [2.75, 3.05) is 6.54 Å². The van der Waals surface area contributed by atoms with Crippen molar-refractivity contribution in [1.82, 2.24) is 0 Å². The zero-order valence-corrected chi connectivity index (χ0v) is 8.03. The molecule has 13 heavy (non-hydrogen) atoms. The van der Waals surface area contributed by atoms with Crippen molar-refractivity contribution in [3.63, 3.8) is 0 Å². The molecule has 0 spiro atoms. The summed E-state index contributed by atoms with van der Waals surface area (Å²) < 4.78 is 0. The van der Waals surface area contributed by atoms with E-state index in [9.17, 15) is 0 Å². The van der Waals surface area contributed by atoms with Crippen LogP contribution in [0.1, 0.15) is 18.9 Å². The lowest BCUT2D eigenvalue weighted by atomic mass is 10.1. The van der Waals surface area contributed by atoms with Crippen LogP contribution in [-0.2, 0) is 6.42 Å². The third kappa shape index (κ3) is 4.31. The molecule has 2 nitrogen and oxygen atoms in total. The molecule has 0 radical (unpaired) electrons. The second kappa shape index (κ2) is 5.36. The Balaban J connectivity index is 2.25. The maximum atomic E-state index is 5.42. The van der Waals surface area contributed by atoms with Gasteiger partial charge in [-0.15, -0.1) is 0 Å². The number of nitrogens with two attached hydrogens (primary N) is 1. The van der Waals surface area contributed by atoms with Gasteiger partial charge in [0.1, 0.15) is 0 Å². The van der Waals surface area contributed by atoms with Gasteiger partial charge >= 0.3 is 0 Å². The number of amidine groups is 1. The van der Waals surface area contributed by atoms with Crippen LogP contribution in [0.25, 0.3) is 0 Å². The molecule has 0 heterocycles. The van der Waals surface area contributed by atoms with E-state index in [1.807, 2.05) is 13.0 Å². The van der Waals surface area contributed by atoms with Crippen molar-refractivity contribution in [3.8, 4) is 0 Å². The first-order valence-electron chi connectivity index (χ1n) is 4.59. The Morgan fingerprint density at radius 3 is 2.62 bits per heavy atom. The van der Waals surface area contributed by atoms with Crippen molar-refractivity contribution in [1.29, 1.82) is 0 Å². The lowest BCUT2D eigenvalue weighted by molar-refractivity contribution is 0.832. The fourth-order valence-electron chi connectivity index (χ4n) is 1.18. The third-order valence-corrected chi connectivity index (χ3v) is 1.83. The summed E-state index contributed by atoms with van der Waals surface area (Å²) in [6, 6.07) is 10.4. The summed E-state index contributed by atoms with van der Waals surface area (Å²) in [5.41, 5.74) is 6.79. The SMILES string of the molecule is CC(N)=NCCCc1ccccc1. The highest BCUT2D eigenvalue weighted by Crippen LogP contribution is 2.01. The lowest BCUT2D eigenvalue weighted by Crippen LogP contribution is -2.06. The molecule has 0 fully saturated rings. The first-order chi connectivity index (χ1) is 6.29. The van der Waals surface area contributed by atoms with Crippen LogP contribution in [-0.4, -0.2) is 12.4 Å². The Labute approximate surface area is 79.5 Å². The van der Waals surface area contributed by atoms with Crippen molar-refractivity contribution < 1.29 is 0 Å². The van der Waals surface area contributed by atoms with Gasteiger partial charge in [0.15, 0.2) is 0 Å². The average molecular weight is 176 g/mol. The maximum Gasteiger partial charge on any atom is 0.0905 e. The first-order valence-corrected chi connectivity index (χ1v) is 4.59. The summed E-state index contributed by atoms with van der Waals surface area (Å²) in [5.74, 6) is 0.674. The van der Waals surface area contributed by atoms with Gasteiger partial charge in [-0.1, -0.05) is 30.3 Å². The molecular formula is C11H16N2. The van der Waals surface area contributed by atoms with Gasteiger partial charge < -0.3 is 5.73 Å². The maximum absolute atomic E-state index is 5.42. The van der Waals surface area contributed by atoms with E-state index in [1.165, 1.54) is 5.56 Å². The van der Waals surface area contributed by atoms with Crippen molar-refractivity contribution in [2.45, 2.75) is 19.8 Å². The Bertz CT molecular complexity index is 261. The second-order valence-electron chi connectivity index (χ2n) is 3.11. The van der Waals surface area contributed by atoms with E-state index in [1.54, 1.807) is 0 Å². The van der Waals surface area contributed by atoms with Gasteiger partial charge in [0.2, 0.25) is 0 Å². The molecule has 0 saturated heterocycles. The van der Waals surface area contributed by atoms with Crippen LogP contribution in [0.3, 0.4) is 0 Å². The predicted octanol–water partition coefficient (Wildman–Crippen LogP) is 2.00. The van der Waals surface area contributed by atoms with Crippen molar-refractivity contribution in [2.24, 2.45) is 10.7 Å². The Morgan fingerprint density at radius 1 is 1.31 bits per heavy atom. The minimum absolute atomic E-state index is 0.674. The Hall–Kier alpha value is -1.31. The topological polar surface area (TPSA) is 38.4 Å². The molecule has 0 aliphatic rings. The molecule has 0 bridgehead atoms. The minimum Gasteiger partial charge on any atom is -0.388 e. The molecule has 1 rings (SSSR count). The number of benzene rings is 1. The molecular weight excluding hydrogens is 160 g/mol. The van der Waals surface area contributed by atoms with Crippen LogP contribution in [0, 0.1) is 0 Å². The summed E-state index contributed by atoms with van der Waals surface area (Å²) in [6.45, 7) is 2.65. The molecule has 2 N–H and O–H groups in total.